The van der Waals surface area contributed by atoms with Gasteiger partial charge in [-0.15, -0.1) is 0 Å². The highest BCUT2D eigenvalue weighted by Gasteiger charge is 2.09. The Morgan fingerprint density at radius 1 is 1.23 bits per heavy atom. The maximum absolute atomic E-state index is 13.5. The van der Waals surface area contributed by atoms with Crippen molar-refractivity contribution in [3.05, 3.63) is 58.9 Å². The van der Waals surface area contributed by atoms with Crippen LogP contribution in [0.4, 0.5) is 14.9 Å². The molecular weight excluding hydrogens is 307 g/mol. The SMILES string of the molecule is COc1ccc(CCNC(=O)Nc2c(F)cccc2Cl)cc1. The van der Waals surface area contributed by atoms with Gasteiger partial charge in [0.2, 0.25) is 0 Å². The number of hydrogen-bond donors (Lipinski definition) is 2. The molecule has 0 spiro atoms. The van der Waals surface area contributed by atoms with Crippen LogP contribution in [0.5, 0.6) is 5.75 Å². The second-order valence-corrected chi connectivity index (χ2v) is 4.98. The van der Waals surface area contributed by atoms with E-state index in [2.05, 4.69) is 10.6 Å². The number of carbonyl (C=O) groups is 1. The van der Waals surface area contributed by atoms with E-state index in [1.165, 1.54) is 18.2 Å². The molecule has 0 aliphatic carbocycles. The van der Waals surface area contributed by atoms with Crippen molar-refractivity contribution in [1.29, 1.82) is 0 Å². The molecule has 4 nitrogen and oxygen atoms in total. The Hall–Kier alpha value is -2.27. The topological polar surface area (TPSA) is 50.4 Å². The molecule has 0 bridgehead atoms. The second-order valence-electron chi connectivity index (χ2n) is 4.58. The Balaban J connectivity index is 1.82. The molecule has 0 saturated heterocycles. The van der Waals surface area contributed by atoms with Gasteiger partial charge in [0, 0.05) is 6.54 Å². The smallest absolute Gasteiger partial charge is 0.319 e. The summed E-state index contributed by atoms with van der Waals surface area (Å²) >= 11 is 5.84. The Kier molecular flexibility index (Phi) is 5.61. The quantitative estimate of drug-likeness (QED) is 0.878. The standard InChI is InChI=1S/C16H16ClFN2O2/c1-22-12-7-5-11(6-8-12)9-10-19-16(21)20-15-13(17)3-2-4-14(15)18/h2-8H,9-10H2,1H3,(H2,19,20,21). The zero-order chi connectivity index (χ0) is 15.9. The highest BCUT2D eigenvalue weighted by molar-refractivity contribution is 6.33. The number of para-hydroxylation sites is 1. The molecule has 0 unspecified atom stereocenters. The summed E-state index contributed by atoms with van der Waals surface area (Å²) in [5.74, 6) is 0.210. The number of urea groups is 1. The molecule has 2 aromatic rings. The monoisotopic (exact) mass is 322 g/mol. The lowest BCUT2D eigenvalue weighted by atomic mass is 10.1. The van der Waals surface area contributed by atoms with Crippen LogP contribution in [0, 0.1) is 5.82 Å². The van der Waals surface area contributed by atoms with Crippen LogP contribution in [0.15, 0.2) is 42.5 Å². The highest BCUT2D eigenvalue weighted by atomic mass is 35.5. The van der Waals surface area contributed by atoms with E-state index in [4.69, 9.17) is 16.3 Å². The minimum atomic E-state index is -0.571. The van der Waals surface area contributed by atoms with Crippen molar-refractivity contribution in [1.82, 2.24) is 5.32 Å². The van der Waals surface area contributed by atoms with E-state index in [9.17, 15) is 9.18 Å². The number of ether oxygens (including phenoxy) is 1. The number of hydrogen-bond acceptors (Lipinski definition) is 2. The Morgan fingerprint density at radius 2 is 1.95 bits per heavy atom. The zero-order valence-electron chi connectivity index (χ0n) is 12.0. The number of methoxy groups -OCH3 is 1. The number of benzene rings is 2. The van der Waals surface area contributed by atoms with Crippen molar-refractivity contribution >= 4 is 23.3 Å². The van der Waals surface area contributed by atoms with Crippen LogP contribution in [0.2, 0.25) is 5.02 Å². The Labute approximate surface area is 133 Å². The number of rotatable bonds is 5. The second kappa shape index (κ2) is 7.66. The predicted molar refractivity (Wildman–Crippen MR) is 85.1 cm³/mol. The Morgan fingerprint density at radius 3 is 2.59 bits per heavy atom. The number of carbonyl (C=O) groups excluding carboxylic acids is 1. The first-order valence-corrected chi connectivity index (χ1v) is 7.09. The van der Waals surface area contributed by atoms with Gasteiger partial charge in [-0.2, -0.15) is 0 Å². The van der Waals surface area contributed by atoms with E-state index in [0.717, 1.165) is 11.3 Å². The molecule has 2 N–H and O–H groups in total. The first-order chi connectivity index (χ1) is 10.6. The molecule has 116 valence electrons. The van der Waals surface area contributed by atoms with Gasteiger partial charge in [-0.1, -0.05) is 29.8 Å². The van der Waals surface area contributed by atoms with Crippen molar-refractivity contribution < 1.29 is 13.9 Å². The van der Waals surface area contributed by atoms with Crippen molar-refractivity contribution in [2.75, 3.05) is 19.0 Å². The minimum absolute atomic E-state index is 0.0221. The summed E-state index contributed by atoms with van der Waals surface area (Å²) in [5, 5.41) is 5.22. The van der Waals surface area contributed by atoms with E-state index in [1.54, 1.807) is 7.11 Å². The lowest BCUT2D eigenvalue weighted by Gasteiger charge is -2.10. The average molecular weight is 323 g/mol. The van der Waals surface area contributed by atoms with Crippen LogP contribution in [0.25, 0.3) is 0 Å². The van der Waals surface area contributed by atoms with Gasteiger partial charge in [0.05, 0.1) is 17.8 Å². The maximum Gasteiger partial charge on any atom is 0.319 e. The first kappa shape index (κ1) is 16.1. The van der Waals surface area contributed by atoms with E-state index in [-0.39, 0.29) is 10.7 Å². The molecule has 0 aromatic heterocycles. The fourth-order valence-electron chi connectivity index (χ4n) is 1.89. The largest absolute Gasteiger partial charge is 0.497 e. The third-order valence-electron chi connectivity index (χ3n) is 3.06. The predicted octanol–water partition coefficient (Wildman–Crippen LogP) is 3.85. The third-order valence-corrected chi connectivity index (χ3v) is 3.37. The van der Waals surface area contributed by atoms with Crippen molar-refractivity contribution in [3.8, 4) is 5.75 Å². The summed E-state index contributed by atoms with van der Waals surface area (Å²) in [6, 6.07) is 11.3. The van der Waals surface area contributed by atoms with Gasteiger partial charge >= 0.3 is 6.03 Å². The van der Waals surface area contributed by atoms with Crippen LogP contribution in [0.3, 0.4) is 0 Å². The molecule has 0 fully saturated rings. The van der Waals surface area contributed by atoms with Crippen LogP contribution >= 0.6 is 11.6 Å². The van der Waals surface area contributed by atoms with Crippen LogP contribution < -0.4 is 15.4 Å². The first-order valence-electron chi connectivity index (χ1n) is 6.72. The zero-order valence-corrected chi connectivity index (χ0v) is 12.8. The molecular formula is C16H16ClFN2O2. The Bertz CT molecular complexity index is 627. The van der Waals surface area contributed by atoms with E-state index < -0.39 is 11.8 Å². The number of anilines is 1. The van der Waals surface area contributed by atoms with Gasteiger partial charge in [-0.05, 0) is 36.2 Å². The average Bonchev–Trinajstić information content (AvgIpc) is 2.52. The van der Waals surface area contributed by atoms with Gasteiger partial charge in [0.1, 0.15) is 11.6 Å². The van der Waals surface area contributed by atoms with E-state index >= 15 is 0 Å². The van der Waals surface area contributed by atoms with Crippen molar-refractivity contribution in [2.24, 2.45) is 0 Å². The van der Waals surface area contributed by atoms with Gasteiger partial charge in [-0.3, -0.25) is 0 Å². The molecule has 22 heavy (non-hydrogen) atoms. The summed E-state index contributed by atoms with van der Waals surface area (Å²) in [6.07, 6.45) is 0.655. The minimum Gasteiger partial charge on any atom is -0.497 e. The fraction of sp³-hybridized carbons (Fsp3) is 0.188. The number of nitrogens with one attached hydrogen (secondary N) is 2. The molecule has 0 heterocycles. The highest BCUT2D eigenvalue weighted by Crippen LogP contribution is 2.24. The normalized spacial score (nSPS) is 10.1. The molecule has 0 radical (unpaired) electrons. The molecule has 2 aromatic carbocycles. The molecule has 0 aliphatic rings. The van der Waals surface area contributed by atoms with Crippen LogP contribution in [-0.2, 0) is 6.42 Å². The molecule has 6 heteroatoms. The van der Waals surface area contributed by atoms with Crippen molar-refractivity contribution in [2.45, 2.75) is 6.42 Å². The van der Waals surface area contributed by atoms with E-state index in [1.807, 2.05) is 24.3 Å². The summed E-state index contributed by atoms with van der Waals surface area (Å²) in [6.45, 7) is 0.421. The molecule has 2 amide bonds. The summed E-state index contributed by atoms with van der Waals surface area (Å²) in [4.78, 5) is 11.7. The molecule has 2 rings (SSSR count). The summed E-state index contributed by atoms with van der Waals surface area (Å²) < 4.78 is 18.6. The van der Waals surface area contributed by atoms with Gasteiger partial charge in [-0.25, -0.2) is 9.18 Å². The van der Waals surface area contributed by atoms with Crippen molar-refractivity contribution in [3.63, 3.8) is 0 Å². The lowest BCUT2D eigenvalue weighted by molar-refractivity contribution is 0.252. The fourth-order valence-corrected chi connectivity index (χ4v) is 2.10. The summed E-state index contributed by atoms with van der Waals surface area (Å²) in [7, 11) is 1.61. The molecule has 0 aliphatic heterocycles. The summed E-state index contributed by atoms with van der Waals surface area (Å²) in [5.41, 5.74) is 1.04. The van der Waals surface area contributed by atoms with Gasteiger partial charge in [0.15, 0.2) is 0 Å². The van der Waals surface area contributed by atoms with Gasteiger partial charge in [0.25, 0.3) is 0 Å². The number of amides is 2. The third kappa shape index (κ3) is 4.36. The lowest BCUT2D eigenvalue weighted by Crippen LogP contribution is -2.30. The van der Waals surface area contributed by atoms with Crippen LogP contribution in [0.1, 0.15) is 5.56 Å². The van der Waals surface area contributed by atoms with Gasteiger partial charge < -0.3 is 15.4 Å². The van der Waals surface area contributed by atoms with E-state index in [0.29, 0.717) is 13.0 Å². The molecule has 0 atom stereocenters. The number of halogens is 2. The maximum atomic E-state index is 13.5. The van der Waals surface area contributed by atoms with Crippen LogP contribution in [-0.4, -0.2) is 19.7 Å². The molecule has 0 saturated carbocycles.